The second kappa shape index (κ2) is 4.17. The van der Waals surface area contributed by atoms with Crippen molar-refractivity contribution in [3.63, 3.8) is 0 Å². The highest BCUT2D eigenvalue weighted by Gasteiger charge is 2.47. The molecule has 1 saturated carbocycles. The molecule has 0 radical (unpaired) electrons. The number of benzene rings is 1. The monoisotopic (exact) mass is 286 g/mol. The summed E-state index contributed by atoms with van der Waals surface area (Å²) in [5.74, 6) is -0.869. The first-order valence-electron chi connectivity index (χ1n) is 5.14. The molecule has 16 heavy (non-hydrogen) atoms. The van der Waals surface area contributed by atoms with Gasteiger partial charge in [0, 0.05) is 9.89 Å². The van der Waals surface area contributed by atoms with Gasteiger partial charge in [0.15, 0.2) is 0 Å². The van der Waals surface area contributed by atoms with Gasteiger partial charge in [0.2, 0.25) is 0 Å². The molecule has 0 saturated heterocycles. The maximum Gasteiger partial charge on any atom is 0.304 e. The molecule has 1 aromatic carbocycles. The first kappa shape index (κ1) is 11.6. The molecule has 1 fully saturated rings. The zero-order valence-electron chi connectivity index (χ0n) is 8.62. The molecule has 1 aromatic rings. The van der Waals surface area contributed by atoms with Crippen molar-refractivity contribution in [1.82, 2.24) is 0 Å². The minimum atomic E-state index is -0.869. The molecule has 0 aliphatic heterocycles. The highest BCUT2D eigenvalue weighted by Crippen LogP contribution is 2.48. The second-order valence-corrected chi connectivity index (χ2v) is 5.28. The molecule has 0 heterocycles. The predicted octanol–water partition coefficient (Wildman–Crippen LogP) is 3.29. The van der Waals surface area contributed by atoms with E-state index in [0.717, 1.165) is 10.0 Å². The fourth-order valence-corrected chi connectivity index (χ4v) is 2.78. The lowest BCUT2D eigenvalue weighted by molar-refractivity contribution is -0.140. The largest absolute Gasteiger partial charge is 0.481 e. The molecule has 0 bridgehead atoms. The number of alkyl halides is 1. The summed E-state index contributed by atoms with van der Waals surface area (Å²) in [5.41, 5.74) is 0.410. The third-order valence-corrected chi connectivity index (χ3v) is 3.64. The number of halogens is 2. The lowest BCUT2D eigenvalue weighted by Gasteiger charge is -2.44. The molecule has 0 unspecified atom stereocenters. The molecule has 86 valence electrons. The average Bonchev–Trinajstić information content (AvgIpc) is 2.14. The summed E-state index contributed by atoms with van der Waals surface area (Å²) in [6.07, 6.45) is -0.228. The summed E-state index contributed by atoms with van der Waals surface area (Å²) in [6, 6.07) is 7.49. The van der Waals surface area contributed by atoms with Crippen LogP contribution in [-0.2, 0) is 10.2 Å². The van der Waals surface area contributed by atoms with Crippen LogP contribution in [0.4, 0.5) is 4.39 Å². The summed E-state index contributed by atoms with van der Waals surface area (Å²) in [5, 5.41) is 8.90. The fourth-order valence-electron chi connectivity index (χ4n) is 2.38. The Bertz CT molecular complexity index is 413. The van der Waals surface area contributed by atoms with Gasteiger partial charge in [0.05, 0.1) is 6.42 Å². The number of hydrogen-bond donors (Lipinski definition) is 1. The van der Waals surface area contributed by atoms with Gasteiger partial charge in [-0.2, -0.15) is 0 Å². The molecule has 2 nitrogen and oxygen atoms in total. The third kappa shape index (κ3) is 2.12. The standard InChI is InChI=1S/C12H12BrFO2/c13-9-3-1-2-8(4-9)12(7-11(15)16)5-10(14)6-12/h1-4,10H,5-7H2,(H,15,16). The zero-order valence-corrected chi connectivity index (χ0v) is 10.2. The molecular weight excluding hydrogens is 275 g/mol. The van der Waals surface area contributed by atoms with Crippen molar-refractivity contribution in [1.29, 1.82) is 0 Å². The van der Waals surface area contributed by atoms with E-state index in [1.54, 1.807) is 0 Å². The first-order valence-corrected chi connectivity index (χ1v) is 5.93. The van der Waals surface area contributed by atoms with Gasteiger partial charge < -0.3 is 5.11 Å². The number of rotatable bonds is 3. The molecule has 0 atom stereocenters. The Balaban J connectivity index is 2.29. The van der Waals surface area contributed by atoms with Crippen LogP contribution in [0.2, 0.25) is 0 Å². The normalized spacial score (nSPS) is 28.5. The van der Waals surface area contributed by atoms with E-state index in [1.807, 2.05) is 24.3 Å². The van der Waals surface area contributed by atoms with Crippen molar-refractivity contribution in [3.8, 4) is 0 Å². The molecule has 4 heteroatoms. The van der Waals surface area contributed by atoms with E-state index < -0.39 is 17.6 Å². The zero-order chi connectivity index (χ0) is 11.8. The van der Waals surface area contributed by atoms with Crippen LogP contribution >= 0.6 is 15.9 Å². The van der Waals surface area contributed by atoms with Crippen molar-refractivity contribution < 1.29 is 14.3 Å². The van der Waals surface area contributed by atoms with Crippen molar-refractivity contribution in [2.75, 3.05) is 0 Å². The lowest BCUT2D eigenvalue weighted by Crippen LogP contribution is -2.44. The Morgan fingerprint density at radius 2 is 2.25 bits per heavy atom. The van der Waals surface area contributed by atoms with Crippen LogP contribution in [0.5, 0.6) is 0 Å². The van der Waals surface area contributed by atoms with E-state index in [2.05, 4.69) is 15.9 Å². The van der Waals surface area contributed by atoms with Crippen LogP contribution in [0, 0.1) is 0 Å². The van der Waals surface area contributed by atoms with Crippen molar-refractivity contribution in [2.45, 2.75) is 30.8 Å². The van der Waals surface area contributed by atoms with Gasteiger partial charge in [-0.05, 0) is 30.5 Å². The molecule has 0 amide bonds. The summed E-state index contributed by atoms with van der Waals surface area (Å²) in [4.78, 5) is 10.8. The number of carboxylic acid groups (broad SMARTS) is 1. The Labute approximate surface area is 102 Å². The minimum absolute atomic E-state index is 0.00384. The van der Waals surface area contributed by atoms with Crippen LogP contribution in [0.15, 0.2) is 28.7 Å². The summed E-state index contributed by atoms with van der Waals surface area (Å²) >= 11 is 3.35. The average molecular weight is 287 g/mol. The van der Waals surface area contributed by atoms with Crippen LogP contribution in [0.3, 0.4) is 0 Å². The van der Waals surface area contributed by atoms with Crippen molar-refractivity contribution in [3.05, 3.63) is 34.3 Å². The van der Waals surface area contributed by atoms with Crippen LogP contribution < -0.4 is 0 Å². The van der Waals surface area contributed by atoms with Crippen LogP contribution in [0.25, 0.3) is 0 Å². The Kier molecular flexibility index (Phi) is 3.02. The quantitative estimate of drug-likeness (QED) is 0.926. The van der Waals surface area contributed by atoms with Crippen LogP contribution in [-0.4, -0.2) is 17.2 Å². The number of carbonyl (C=O) groups is 1. The fraction of sp³-hybridized carbons (Fsp3) is 0.417. The SMILES string of the molecule is O=C(O)CC1(c2cccc(Br)c2)CC(F)C1. The Morgan fingerprint density at radius 1 is 1.56 bits per heavy atom. The minimum Gasteiger partial charge on any atom is -0.481 e. The Hall–Kier alpha value is -0.900. The number of hydrogen-bond acceptors (Lipinski definition) is 1. The molecule has 0 aromatic heterocycles. The van der Waals surface area contributed by atoms with E-state index >= 15 is 0 Å². The van der Waals surface area contributed by atoms with Gasteiger partial charge in [-0.15, -0.1) is 0 Å². The third-order valence-electron chi connectivity index (χ3n) is 3.15. The van der Waals surface area contributed by atoms with E-state index in [9.17, 15) is 9.18 Å². The lowest BCUT2D eigenvalue weighted by atomic mass is 9.61. The molecule has 1 N–H and O–H groups in total. The highest BCUT2D eigenvalue weighted by atomic mass is 79.9. The molecule has 0 spiro atoms. The smallest absolute Gasteiger partial charge is 0.304 e. The van der Waals surface area contributed by atoms with Gasteiger partial charge in [0.1, 0.15) is 6.17 Å². The van der Waals surface area contributed by atoms with Gasteiger partial charge in [-0.25, -0.2) is 4.39 Å². The van der Waals surface area contributed by atoms with Gasteiger partial charge in [0.25, 0.3) is 0 Å². The van der Waals surface area contributed by atoms with Gasteiger partial charge >= 0.3 is 5.97 Å². The number of carboxylic acids is 1. The molecule has 1 aliphatic carbocycles. The second-order valence-electron chi connectivity index (χ2n) is 4.37. The van der Waals surface area contributed by atoms with E-state index in [1.165, 1.54) is 0 Å². The van der Waals surface area contributed by atoms with Gasteiger partial charge in [-0.1, -0.05) is 28.1 Å². The molecule has 1 aliphatic rings. The summed E-state index contributed by atoms with van der Waals surface area (Å²) < 4.78 is 13.9. The molecule has 2 rings (SSSR count). The summed E-state index contributed by atoms with van der Waals surface area (Å²) in [6.45, 7) is 0. The van der Waals surface area contributed by atoms with Crippen molar-refractivity contribution >= 4 is 21.9 Å². The maximum absolute atomic E-state index is 13.0. The maximum atomic E-state index is 13.0. The van der Waals surface area contributed by atoms with E-state index in [0.29, 0.717) is 12.8 Å². The van der Waals surface area contributed by atoms with Crippen molar-refractivity contribution in [2.24, 2.45) is 0 Å². The summed E-state index contributed by atoms with van der Waals surface area (Å²) in [7, 11) is 0. The predicted molar refractivity (Wildman–Crippen MR) is 62.2 cm³/mol. The molecular formula is C12H12BrFO2. The topological polar surface area (TPSA) is 37.3 Å². The number of aliphatic carboxylic acids is 1. The first-order chi connectivity index (χ1) is 7.52. The van der Waals surface area contributed by atoms with E-state index in [4.69, 9.17) is 5.11 Å². The van der Waals surface area contributed by atoms with Gasteiger partial charge in [-0.3, -0.25) is 4.79 Å². The van der Waals surface area contributed by atoms with Crippen LogP contribution in [0.1, 0.15) is 24.8 Å². The highest BCUT2D eigenvalue weighted by molar-refractivity contribution is 9.10. The van der Waals surface area contributed by atoms with E-state index in [-0.39, 0.29) is 6.42 Å². The Morgan fingerprint density at radius 3 is 2.75 bits per heavy atom.